The van der Waals surface area contributed by atoms with Gasteiger partial charge in [0.2, 0.25) is 5.89 Å². The van der Waals surface area contributed by atoms with Crippen molar-refractivity contribution in [2.45, 2.75) is 19.8 Å². The van der Waals surface area contributed by atoms with Crippen molar-refractivity contribution in [3.8, 4) is 11.5 Å². The average Bonchev–Trinajstić information content (AvgIpc) is 2.82. The van der Waals surface area contributed by atoms with Gasteiger partial charge in [0.15, 0.2) is 5.58 Å². The van der Waals surface area contributed by atoms with Crippen LogP contribution >= 0.6 is 47.8 Å². The van der Waals surface area contributed by atoms with Crippen LogP contribution in [-0.2, 0) is 0 Å². The van der Waals surface area contributed by atoms with E-state index in [0.717, 1.165) is 30.1 Å². The van der Waals surface area contributed by atoms with E-state index in [0.29, 0.717) is 11.8 Å². The van der Waals surface area contributed by atoms with Gasteiger partial charge in [0.05, 0.1) is 10.0 Å². The molecule has 0 spiro atoms. The number of hydrogen-bond acceptors (Lipinski definition) is 2. The first-order chi connectivity index (χ1) is 9.95. The second-order valence-corrected chi connectivity index (χ2v) is 7.77. The molecule has 2 aromatic carbocycles. The van der Waals surface area contributed by atoms with Crippen molar-refractivity contribution in [2.24, 2.45) is 0 Å². The lowest BCUT2D eigenvalue weighted by Gasteiger charge is -2.04. The molecular weight excluding hydrogens is 462 g/mol. The topological polar surface area (TPSA) is 26.0 Å². The summed E-state index contributed by atoms with van der Waals surface area (Å²) in [5, 5.41) is 0. The third-order valence-electron chi connectivity index (χ3n) is 3.30. The lowest BCUT2D eigenvalue weighted by Crippen LogP contribution is -1.87. The predicted molar refractivity (Wildman–Crippen MR) is 96.6 cm³/mol. The van der Waals surface area contributed by atoms with Crippen molar-refractivity contribution < 1.29 is 4.42 Å². The molecule has 3 rings (SSSR count). The van der Waals surface area contributed by atoms with Crippen LogP contribution in [0.15, 0.2) is 48.2 Å². The van der Waals surface area contributed by atoms with Gasteiger partial charge in [-0.05, 0) is 73.7 Å². The number of oxazole rings is 1. The molecule has 0 saturated heterocycles. The lowest BCUT2D eigenvalue weighted by molar-refractivity contribution is 0.617. The number of benzene rings is 2. The van der Waals surface area contributed by atoms with E-state index in [1.807, 2.05) is 18.2 Å². The minimum Gasteiger partial charge on any atom is -0.435 e. The monoisotopic (exact) mass is 471 g/mol. The fourth-order valence-electron chi connectivity index (χ4n) is 2.12. The van der Waals surface area contributed by atoms with Crippen LogP contribution in [0.1, 0.15) is 25.3 Å². The van der Waals surface area contributed by atoms with E-state index in [4.69, 9.17) is 4.42 Å². The zero-order valence-corrected chi connectivity index (χ0v) is 16.2. The van der Waals surface area contributed by atoms with Crippen molar-refractivity contribution in [1.82, 2.24) is 4.98 Å². The summed E-state index contributed by atoms with van der Waals surface area (Å²) < 4.78 is 8.84. The first-order valence-corrected chi connectivity index (χ1v) is 8.89. The molecule has 0 radical (unpaired) electrons. The van der Waals surface area contributed by atoms with E-state index in [9.17, 15) is 0 Å². The van der Waals surface area contributed by atoms with E-state index in [1.165, 1.54) is 5.56 Å². The van der Waals surface area contributed by atoms with Crippen LogP contribution in [0, 0.1) is 0 Å². The Balaban J connectivity index is 2.19. The van der Waals surface area contributed by atoms with E-state index in [-0.39, 0.29) is 0 Å². The Morgan fingerprint density at radius 2 is 1.76 bits per heavy atom. The second-order valence-electron chi connectivity index (χ2n) is 5.15. The van der Waals surface area contributed by atoms with Crippen molar-refractivity contribution >= 4 is 58.9 Å². The molecule has 0 saturated carbocycles. The van der Waals surface area contributed by atoms with Gasteiger partial charge in [0.1, 0.15) is 5.52 Å². The number of nitrogens with zero attached hydrogens (tertiary/aromatic N) is 1. The number of hydrogen-bond donors (Lipinski definition) is 0. The van der Waals surface area contributed by atoms with Gasteiger partial charge >= 0.3 is 0 Å². The van der Waals surface area contributed by atoms with Gasteiger partial charge in [0.25, 0.3) is 0 Å². The van der Waals surface area contributed by atoms with Gasteiger partial charge in [-0.3, -0.25) is 0 Å². The Morgan fingerprint density at radius 1 is 1.00 bits per heavy atom. The summed E-state index contributed by atoms with van der Waals surface area (Å²) in [7, 11) is 0. The lowest BCUT2D eigenvalue weighted by atomic mass is 10.0. The number of halogens is 3. The molecule has 0 bridgehead atoms. The third kappa shape index (κ3) is 2.96. The molecule has 21 heavy (non-hydrogen) atoms. The van der Waals surface area contributed by atoms with Gasteiger partial charge < -0.3 is 4.42 Å². The van der Waals surface area contributed by atoms with Crippen molar-refractivity contribution in [3.05, 3.63) is 49.3 Å². The maximum absolute atomic E-state index is 5.94. The molecule has 5 heteroatoms. The quantitative estimate of drug-likeness (QED) is 0.404. The Kier molecular flexibility index (Phi) is 4.26. The molecule has 0 atom stereocenters. The highest BCUT2D eigenvalue weighted by atomic mass is 79.9. The van der Waals surface area contributed by atoms with Gasteiger partial charge in [-0.15, -0.1) is 0 Å². The molecule has 1 heterocycles. The fourth-order valence-corrected chi connectivity index (χ4v) is 3.89. The molecular formula is C16H12Br3NO. The average molecular weight is 474 g/mol. The summed E-state index contributed by atoms with van der Waals surface area (Å²) in [4.78, 5) is 4.64. The summed E-state index contributed by atoms with van der Waals surface area (Å²) in [6.07, 6.45) is 0. The molecule has 3 aromatic rings. The molecule has 1 aromatic heterocycles. The molecule has 0 aliphatic rings. The Hall–Kier alpha value is -0.650. The molecule has 108 valence electrons. The van der Waals surface area contributed by atoms with Crippen LogP contribution in [-0.4, -0.2) is 4.98 Å². The van der Waals surface area contributed by atoms with Crippen LogP contribution < -0.4 is 0 Å². The smallest absolute Gasteiger partial charge is 0.228 e. The van der Waals surface area contributed by atoms with Crippen molar-refractivity contribution in [3.63, 3.8) is 0 Å². The standard InChI is InChI=1S/C16H12Br3NO/c1-8(2)9-5-13(19)15-14(6-9)20-16(21-15)11-4-3-10(17)7-12(11)18/h3-8H,1-2H3. The Bertz CT molecular complexity index is 824. The maximum Gasteiger partial charge on any atom is 0.228 e. The van der Waals surface area contributed by atoms with E-state index >= 15 is 0 Å². The van der Waals surface area contributed by atoms with Gasteiger partial charge in [-0.25, -0.2) is 4.98 Å². The highest BCUT2D eigenvalue weighted by molar-refractivity contribution is 9.11. The molecule has 0 N–H and O–H groups in total. The molecule has 0 aliphatic carbocycles. The normalized spacial score (nSPS) is 11.5. The summed E-state index contributed by atoms with van der Waals surface area (Å²) in [6, 6.07) is 10.1. The third-order valence-corrected chi connectivity index (χ3v) is 5.03. The van der Waals surface area contributed by atoms with E-state index in [1.54, 1.807) is 0 Å². The van der Waals surface area contributed by atoms with Crippen LogP contribution in [0.5, 0.6) is 0 Å². The molecule has 0 aliphatic heterocycles. The minimum absolute atomic E-state index is 0.449. The maximum atomic E-state index is 5.94. The van der Waals surface area contributed by atoms with Crippen molar-refractivity contribution in [2.75, 3.05) is 0 Å². The van der Waals surface area contributed by atoms with Gasteiger partial charge in [-0.1, -0.05) is 29.8 Å². The van der Waals surface area contributed by atoms with E-state index < -0.39 is 0 Å². The number of fused-ring (bicyclic) bond motifs is 1. The summed E-state index contributed by atoms with van der Waals surface area (Å²) in [5.74, 6) is 1.07. The van der Waals surface area contributed by atoms with Gasteiger partial charge in [0, 0.05) is 8.95 Å². The Morgan fingerprint density at radius 3 is 2.43 bits per heavy atom. The molecule has 2 nitrogen and oxygen atoms in total. The number of aromatic nitrogens is 1. The first kappa shape index (κ1) is 15.3. The minimum atomic E-state index is 0.449. The van der Waals surface area contributed by atoms with Crippen LogP contribution in [0.25, 0.3) is 22.6 Å². The highest BCUT2D eigenvalue weighted by Gasteiger charge is 2.15. The fraction of sp³-hybridized carbons (Fsp3) is 0.188. The zero-order valence-electron chi connectivity index (χ0n) is 11.5. The summed E-state index contributed by atoms with van der Waals surface area (Å²) in [6.45, 7) is 4.33. The first-order valence-electron chi connectivity index (χ1n) is 6.51. The van der Waals surface area contributed by atoms with Crippen LogP contribution in [0.3, 0.4) is 0 Å². The molecule has 0 fully saturated rings. The predicted octanol–water partition coefficient (Wildman–Crippen LogP) is 6.91. The van der Waals surface area contributed by atoms with E-state index in [2.05, 4.69) is 78.8 Å². The van der Waals surface area contributed by atoms with Crippen molar-refractivity contribution in [1.29, 1.82) is 0 Å². The van der Waals surface area contributed by atoms with Crippen LogP contribution in [0.2, 0.25) is 0 Å². The largest absolute Gasteiger partial charge is 0.435 e. The van der Waals surface area contributed by atoms with Gasteiger partial charge in [-0.2, -0.15) is 0 Å². The molecule has 0 unspecified atom stereocenters. The number of rotatable bonds is 2. The second kappa shape index (κ2) is 5.86. The Labute approximate surface area is 148 Å². The SMILES string of the molecule is CC(C)c1cc(Br)c2oc(-c3ccc(Br)cc3Br)nc2c1. The zero-order chi connectivity index (χ0) is 15.1. The highest BCUT2D eigenvalue weighted by Crippen LogP contribution is 2.35. The summed E-state index contributed by atoms with van der Waals surface area (Å²) >= 11 is 10.6. The van der Waals surface area contributed by atoms with Crippen LogP contribution in [0.4, 0.5) is 0 Å². The molecule has 0 amide bonds. The summed E-state index contributed by atoms with van der Waals surface area (Å²) in [5.41, 5.74) is 3.83.